The second-order valence-electron chi connectivity index (χ2n) is 8.99. The highest BCUT2D eigenvalue weighted by molar-refractivity contribution is 7.22. The van der Waals surface area contributed by atoms with Crippen LogP contribution in [0.15, 0.2) is 66.2 Å². The van der Waals surface area contributed by atoms with Gasteiger partial charge in [-0.2, -0.15) is 0 Å². The summed E-state index contributed by atoms with van der Waals surface area (Å²) in [5.74, 6) is -2.26. The van der Waals surface area contributed by atoms with Gasteiger partial charge in [-0.25, -0.2) is 9.37 Å². The summed E-state index contributed by atoms with van der Waals surface area (Å²) in [6, 6.07) is 15.3. The molecule has 4 aromatic rings. The molecule has 188 valence electrons. The van der Waals surface area contributed by atoms with Gasteiger partial charge in [0, 0.05) is 11.1 Å². The van der Waals surface area contributed by atoms with E-state index < -0.39 is 29.3 Å². The summed E-state index contributed by atoms with van der Waals surface area (Å²) < 4.78 is 21.7. The maximum absolute atomic E-state index is 15.2. The monoisotopic (exact) mass is 516 g/mol. The molecule has 1 aromatic heterocycles. The Bertz CT molecular complexity index is 1580. The third kappa shape index (κ3) is 4.38. The number of ketones is 1. The van der Waals surface area contributed by atoms with E-state index in [0.717, 1.165) is 22.2 Å². The number of aryl methyl sites for hydroxylation is 2. The first-order chi connectivity index (χ1) is 17.8. The molecule has 3 aromatic carbocycles. The van der Waals surface area contributed by atoms with Gasteiger partial charge in [-0.15, -0.1) is 0 Å². The third-order valence-corrected chi connectivity index (χ3v) is 7.25. The molecular formula is C29H25FN2O4S. The van der Waals surface area contributed by atoms with Crippen molar-refractivity contribution in [2.24, 2.45) is 0 Å². The number of halogens is 1. The van der Waals surface area contributed by atoms with Crippen LogP contribution in [0, 0.1) is 19.7 Å². The van der Waals surface area contributed by atoms with E-state index in [1.807, 2.05) is 32.9 Å². The molecule has 1 fully saturated rings. The van der Waals surface area contributed by atoms with Crippen LogP contribution in [0.3, 0.4) is 0 Å². The Kier molecular flexibility index (Phi) is 6.52. The maximum Gasteiger partial charge on any atom is 0.301 e. The summed E-state index contributed by atoms with van der Waals surface area (Å²) in [7, 11) is 0. The number of Topliss-reactive ketones (excluding diaryl/α,β-unsaturated/α-hetero) is 1. The zero-order chi connectivity index (χ0) is 26.3. The van der Waals surface area contributed by atoms with Crippen LogP contribution in [0.5, 0.6) is 5.75 Å². The third-order valence-electron chi connectivity index (χ3n) is 6.25. The standard InChI is InChI=1S/C29H25FN2O4S/c1-4-12-36-19-9-7-8-18(15-19)26(33)23-25(20-10-5-6-11-21(20)30)32(28(35)27(23)34)29-31-24-17(3)13-16(2)14-22(24)37-29/h5-11,13-15,25,33H,4,12H2,1-3H3/b26-23+. The van der Waals surface area contributed by atoms with Crippen LogP contribution in [0.4, 0.5) is 9.52 Å². The van der Waals surface area contributed by atoms with Crippen LogP contribution in [-0.4, -0.2) is 28.4 Å². The van der Waals surface area contributed by atoms with Crippen LogP contribution in [0.2, 0.25) is 0 Å². The van der Waals surface area contributed by atoms with Gasteiger partial charge >= 0.3 is 5.91 Å². The highest BCUT2D eigenvalue weighted by Crippen LogP contribution is 2.45. The van der Waals surface area contributed by atoms with Crippen LogP contribution < -0.4 is 9.64 Å². The second-order valence-corrected chi connectivity index (χ2v) is 10.0. The minimum Gasteiger partial charge on any atom is -0.507 e. The van der Waals surface area contributed by atoms with Crippen molar-refractivity contribution < 1.29 is 23.8 Å². The Labute approximate surface area is 217 Å². The Balaban J connectivity index is 1.71. The lowest BCUT2D eigenvalue weighted by Crippen LogP contribution is -2.29. The molecule has 1 amide bonds. The van der Waals surface area contributed by atoms with E-state index in [2.05, 4.69) is 4.98 Å². The van der Waals surface area contributed by atoms with E-state index in [1.165, 1.54) is 34.4 Å². The lowest BCUT2D eigenvalue weighted by atomic mass is 9.95. The number of carbonyl (C=O) groups is 2. The van der Waals surface area contributed by atoms with Crippen molar-refractivity contribution in [3.05, 3.63) is 94.3 Å². The largest absolute Gasteiger partial charge is 0.507 e. The molecule has 37 heavy (non-hydrogen) atoms. The number of thiazole rings is 1. The zero-order valence-electron chi connectivity index (χ0n) is 20.6. The SMILES string of the molecule is CCCOc1cccc(/C(O)=C2\C(=O)C(=O)N(c3nc4c(C)cc(C)cc4s3)C2c2ccccc2F)c1. The van der Waals surface area contributed by atoms with Crippen molar-refractivity contribution in [3.63, 3.8) is 0 Å². The van der Waals surface area contributed by atoms with Gasteiger partial charge in [-0.05, 0) is 55.7 Å². The number of ether oxygens (including phenoxy) is 1. The fourth-order valence-electron chi connectivity index (χ4n) is 4.59. The first kappa shape index (κ1) is 24.6. The molecule has 1 saturated heterocycles. The first-order valence-electron chi connectivity index (χ1n) is 12.0. The van der Waals surface area contributed by atoms with Crippen molar-refractivity contribution in [3.8, 4) is 5.75 Å². The molecule has 0 saturated carbocycles. The molecule has 1 atom stereocenters. The number of aliphatic hydroxyl groups is 1. The Morgan fingerprint density at radius 1 is 1.11 bits per heavy atom. The van der Waals surface area contributed by atoms with Gasteiger partial charge < -0.3 is 9.84 Å². The van der Waals surface area contributed by atoms with Crippen molar-refractivity contribution in [1.29, 1.82) is 0 Å². The molecule has 6 nitrogen and oxygen atoms in total. The molecule has 1 aliphatic heterocycles. The number of anilines is 1. The van der Waals surface area contributed by atoms with E-state index in [4.69, 9.17) is 4.74 Å². The van der Waals surface area contributed by atoms with E-state index in [0.29, 0.717) is 23.4 Å². The normalized spacial score (nSPS) is 17.1. The molecule has 1 N–H and O–H groups in total. The van der Waals surface area contributed by atoms with Gasteiger partial charge in [-0.1, -0.05) is 54.7 Å². The molecule has 2 heterocycles. The predicted octanol–water partition coefficient (Wildman–Crippen LogP) is 6.47. The number of fused-ring (bicyclic) bond motifs is 1. The fraction of sp³-hybridized carbons (Fsp3) is 0.207. The van der Waals surface area contributed by atoms with Gasteiger partial charge in [-0.3, -0.25) is 14.5 Å². The lowest BCUT2D eigenvalue weighted by molar-refractivity contribution is -0.132. The second kappa shape index (κ2) is 9.78. The number of aromatic nitrogens is 1. The highest BCUT2D eigenvalue weighted by Gasteiger charge is 2.49. The number of hydrogen-bond acceptors (Lipinski definition) is 6. The minimum atomic E-state index is -1.19. The van der Waals surface area contributed by atoms with Crippen molar-refractivity contribution in [1.82, 2.24) is 4.98 Å². The topological polar surface area (TPSA) is 79.7 Å². The summed E-state index contributed by atoms with van der Waals surface area (Å²) in [5.41, 5.74) is 2.87. The van der Waals surface area contributed by atoms with Crippen LogP contribution >= 0.6 is 11.3 Å². The van der Waals surface area contributed by atoms with E-state index in [-0.39, 0.29) is 16.3 Å². The minimum absolute atomic E-state index is 0.0915. The number of carbonyl (C=O) groups excluding carboxylic acids is 2. The molecule has 0 bridgehead atoms. The van der Waals surface area contributed by atoms with E-state index in [1.54, 1.807) is 30.3 Å². The summed E-state index contributed by atoms with van der Waals surface area (Å²) in [5, 5.41) is 11.6. The van der Waals surface area contributed by atoms with Gasteiger partial charge in [0.25, 0.3) is 5.78 Å². The number of rotatable bonds is 6. The number of hydrogen-bond donors (Lipinski definition) is 1. The number of nitrogens with zero attached hydrogens (tertiary/aromatic N) is 2. The van der Waals surface area contributed by atoms with Crippen molar-refractivity contribution in [2.75, 3.05) is 11.5 Å². The quantitative estimate of drug-likeness (QED) is 0.181. The average molecular weight is 517 g/mol. The molecular weight excluding hydrogens is 491 g/mol. The first-order valence-corrected chi connectivity index (χ1v) is 12.8. The molecule has 1 aliphatic rings. The van der Waals surface area contributed by atoms with Gasteiger partial charge in [0.15, 0.2) is 5.13 Å². The number of amides is 1. The summed E-state index contributed by atoms with van der Waals surface area (Å²) >= 11 is 1.25. The molecule has 0 aliphatic carbocycles. The zero-order valence-corrected chi connectivity index (χ0v) is 21.4. The van der Waals surface area contributed by atoms with E-state index >= 15 is 4.39 Å². The number of aliphatic hydroxyl groups excluding tert-OH is 1. The van der Waals surface area contributed by atoms with E-state index in [9.17, 15) is 14.7 Å². The Hall–Kier alpha value is -4.04. The fourth-order valence-corrected chi connectivity index (χ4v) is 5.76. The Morgan fingerprint density at radius 2 is 1.89 bits per heavy atom. The van der Waals surface area contributed by atoms with Crippen LogP contribution in [0.25, 0.3) is 16.0 Å². The van der Waals surface area contributed by atoms with Gasteiger partial charge in [0.2, 0.25) is 0 Å². The van der Waals surface area contributed by atoms with Gasteiger partial charge in [0.1, 0.15) is 23.4 Å². The highest BCUT2D eigenvalue weighted by atomic mass is 32.1. The molecule has 1 unspecified atom stereocenters. The van der Waals surface area contributed by atoms with Crippen molar-refractivity contribution in [2.45, 2.75) is 33.2 Å². The Morgan fingerprint density at radius 3 is 2.65 bits per heavy atom. The molecule has 0 spiro atoms. The summed E-state index contributed by atoms with van der Waals surface area (Å²) in [6.45, 7) is 6.36. The molecule has 5 rings (SSSR count). The van der Waals surface area contributed by atoms with Gasteiger partial charge in [0.05, 0.1) is 22.4 Å². The van der Waals surface area contributed by atoms with Crippen molar-refractivity contribution >= 4 is 44.1 Å². The van der Waals surface area contributed by atoms with Crippen LogP contribution in [-0.2, 0) is 9.59 Å². The predicted molar refractivity (Wildman–Crippen MR) is 143 cm³/mol. The maximum atomic E-state index is 15.2. The van der Waals surface area contributed by atoms with Crippen LogP contribution in [0.1, 0.15) is 41.6 Å². The molecule has 8 heteroatoms. The smallest absolute Gasteiger partial charge is 0.301 e. The summed E-state index contributed by atoms with van der Waals surface area (Å²) in [4.78, 5) is 32.7. The average Bonchev–Trinajstić information content (AvgIpc) is 3.41. The lowest BCUT2D eigenvalue weighted by Gasteiger charge is -2.23. The summed E-state index contributed by atoms with van der Waals surface area (Å²) in [6.07, 6.45) is 0.801. The number of benzene rings is 3. The molecule has 0 radical (unpaired) electrons.